The zero-order chi connectivity index (χ0) is 22.0. The predicted octanol–water partition coefficient (Wildman–Crippen LogP) is 0.689. The number of hydrogen-bond acceptors (Lipinski definition) is 4. The van der Waals surface area contributed by atoms with Crippen LogP contribution in [0.4, 0.5) is 4.79 Å². The molecule has 0 radical (unpaired) electrons. The summed E-state index contributed by atoms with van der Waals surface area (Å²) in [6, 6.07) is 6.68. The van der Waals surface area contributed by atoms with Crippen LogP contribution in [0.1, 0.15) is 49.3 Å². The molecule has 0 bridgehead atoms. The molecule has 0 atom stereocenters. The molecule has 3 rings (SSSR count). The molecule has 30 heavy (non-hydrogen) atoms. The van der Waals surface area contributed by atoms with Crippen LogP contribution >= 0.6 is 0 Å². The van der Waals surface area contributed by atoms with Gasteiger partial charge in [-0.3, -0.25) is 0 Å². The average molecular weight is 404 g/mol. The molecule has 6 heteroatoms. The van der Waals surface area contributed by atoms with Crippen LogP contribution in [0.15, 0.2) is 49.1 Å². The number of hydrogen-bond donors (Lipinski definition) is 0. The highest BCUT2D eigenvalue weighted by molar-refractivity contribution is 5.85. The molecular weight excluding hydrogens is 380 g/mol. The molecule has 0 amide bonds. The molecule has 154 valence electrons. The maximum Gasteiger partial charge on any atom is 0.343 e. The van der Waals surface area contributed by atoms with E-state index in [2.05, 4.69) is 27.7 Å². The summed E-state index contributed by atoms with van der Waals surface area (Å²) in [5.41, 5.74) is 8.44. The van der Waals surface area contributed by atoms with E-state index in [4.69, 9.17) is 0 Å². The Labute approximate surface area is 175 Å². The summed E-state index contributed by atoms with van der Waals surface area (Å²) in [6.45, 7) is 9.06. The van der Waals surface area contributed by atoms with E-state index < -0.39 is 12.1 Å². The fourth-order valence-electron chi connectivity index (χ4n) is 3.75. The number of carboxylic acid groups (broad SMARTS) is 2. The van der Waals surface area contributed by atoms with E-state index in [0.29, 0.717) is 13.0 Å². The maximum atomic E-state index is 11.0. The van der Waals surface area contributed by atoms with Crippen molar-refractivity contribution in [2.75, 3.05) is 0 Å². The van der Waals surface area contributed by atoms with Gasteiger partial charge >= 0.3 is 6.09 Å². The second-order valence-corrected chi connectivity index (χ2v) is 7.56. The molecule has 0 aliphatic rings. The summed E-state index contributed by atoms with van der Waals surface area (Å²) in [5.74, 6) is -1.18. The lowest BCUT2D eigenvalue weighted by Gasteiger charge is -2.19. The van der Waals surface area contributed by atoms with Crippen molar-refractivity contribution < 1.29 is 28.9 Å². The van der Waals surface area contributed by atoms with Crippen molar-refractivity contribution in [1.29, 1.82) is 0 Å². The van der Waals surface area contributed by atoms with Gasteiger partial charge in [-0.15, -0.1) is 0 Å². The number of carbonyl (C=O) groups excluding carboxylic acids is 2. The Morgan fingerprint density at radius 1 is 0.767 bits per heavy atom. The molecule has 0 aliphatic heterocycles. The zero-order valence-electron chi connectivity index (χ0n) is 17.6. The van der Waals surface area contributed by atoms with Gasteiger partial charge in [0.05, 0.1) is 5.97 Å². The van der Waals surface area contributed by atoms with Gasteiger partial charge in [0.1, 0.15) is 0 Å². The Morgan fingerprint density at radius 3 is 1.73 bits per heavy atom. The number of carbonyl (C=O) groups is 2. The largest absolute Gasteiger partial charge is 0.545 e. The monoisotopic (exact) mass is 404 g/mol. The summed E-state index contributed by atoms with van der Waals surface area (Å²) < 4.78 is 2.97. The van der Waals surface area contributed by atoms with Gasteiger partial charge in [0.25, 0.3) is 0 Å². The average Bonchev–Trinajstić information content (AvgIpc) is 2.73. The Balaban J connectivity index is 1.93. The molecule has 0 spiro atoms. The molecule has 3 aromatic rings. The molecule has 0 N–H and O–H groups in total. The summed E-state index contributed by atoms with van der Waals surface area (Å²) >= 11 is 0. The summed E-state index contributed by atoms with van der Waals surface area (Å²) in [4.78, 5) is 21.9. The highest BCUT2D eigenvalue weighted by Crippen LogP contribution is 2.28. The summed E-state index contributed by atoms with van der Waals surface area (Å²) in [6.07, 6.45) is 5.95. The van der Waals surface area contributed by atoms with Gasteiger partial charge in [-0.25, -0.2) is 4.57 Å². The molecule has 0 aliphatic carbocycles. The van der Waals surface area contributed by atoms with Gasteiger partial charge in [-0.05, 0) is 67.5 Å². The van der Waals surface area contributed by atoms with Crippen LogP contribution in [-0.4, -0.2) is 12.1 Å². The minimum atomic E-state index is -1.25. The number of aromatic carboxylic acids is 1. The summed E-state index contributed by atoms with van der Waals surface area (Å²) in [7, 11) is 0. The second kappa shape index (κ2) is 8.45. The van der Waals surface area contributed by atoms with Crippen LogP contribution in [0.2, 0.25) is 0 Å². The highest BCUT2D eigenvalue weighted by atomic mass is 16.4. The van der Waals surface area contributed by atoms with Crippen LogP contribution in [0.3, 0.4) is 0 Å². The van der Waals surface area contributed by atoms with E-state index in [-0.39, 0.29) is 5.56 Å². The van der Waals surface area contributed by atoms with E-state index in [1.165, 1.54) is 45.8 Å². The molecule has 0 saturated carbocycles. The van der Waals surface area contributed by atoms with Crippen LogP contribution in [-0.2, 0) is 13.0 Å². The van der Waals surface area contributed by atoms with Crippen molar-refractivity contribution in [2.45, 2.75) is 40.7 Å². The van der Waals surface area contributed by atoms with E-state index in [0.717, 1.165) is 10.1 Å². The third-order valence-corrected chi connectivity index (χ3v) is 5.89. The molecule has 6 nitrogen and oxygen atoms in total. The van der Waals surface area contributed by atoms with Crippen LogP contribution in [0, 0.1) is 27.7 Å². The van der Waals surface area contributed by atoms with Crippen molar-refractivity contribution in [1.82, 2.24) is 0 Å². The van der Waals surface area contributed by atoms with Crippen molar-refractivity contribution >= 4 is 12.1 Å². The minimum Gasteiger partial charge on any atom is -0.545 e. The third kappa shape index (κ3) is 4.22. The molecule has 1 aromatic carbocycles. The first-order chi connectivity index (χ1) is 14.2. The fraction of sp³-hybridized carbons (Fsp3) is 0.250. The van der Waals surface area contributed by atoms with E-state index in [9.17, 15) is 19.8 Å². The van der Waals surface area contributed by atoms with Gasteiger partial charge in [-0.2, -0.15) is 4.57 Å². The SMILES string of the molecule is Cc1c(C)c(C[n+]2ccc(C(=O)[O-])cc2)c(C)c(C)c1Cc1cc[n+](C(=O)[O-])cc1. The number of rotatable bonds is 5. The minimum absolute atomic E-state index is 0.158. The maximum absolute atomic E-state index is 11.0. The number of pyridine rings is 2. The molecule has 0 saturated heterocycles. The lowest BCUT2D eigenvalue weighted by molar-refractivity contribution is -0.688. The second-order valence-electron chi connectivity index (χ2n) is 7.56. The number of aromatic nitrogens is 2. The lowest BCUT2D eigenvalue weighted by Crippen LogP contribution is -2.51. The van der Waals surface area contributed by atoms with Crippen molar-refractivity contribution in [3.05, 3.63) is 93.6 Å². The van der Waals surface area contributed by atoms with Gasteiger partial charge in [0, 0.05) is 35.4 Å². The Morgan fingerprint density at radius 2 is 1.27 bits per heavy atom. The van der Waals surface area contributed by atoms with Crippen molar-refractivity contribution in [2.24, 2.45) is 0 Å². The van der Waals surface area contributed by atoms with E-state index in [1.54, 1.807) is 36.7 Å². The molecule has 2 heterocycles. The molecule has 0 unspecified atom stereocenters. The van der Waals surface area contributed by atoms with Crippen LogP contribution in [0.25, 0.3) is 0 Å². The lowest BCUT2D eigenvalue weighted by atomic mass is 9.86. The van der Waals surface area contributed by atoms with Crippen LogP contribution < -0.4 is 19.3 Å². The Hall–Kier alpha value is -3.54. The van der Waals surface area contributed by atoms with Crippen molar-refractivity contribution in [3.8, 4) is 0 Å². The summed E-state index contributed by atoms with van der Waals surface area (Å²) in [5, 5.41) is 21.9. The fourth-order valence-corrected chi connectivity index (χ4v) is 3.75. The molecular formula is C24H24N2O4. The van der Waals surface area contributed by atoms with Crippen LogP contribution in [0.5, 0.6) is 0 Å². The quantitative estimate of drug-likeness (QED) is 0.586. The van der Waals surface area contributed by atoms with Gasteiger partial charge < -0.3 is 19.8 Å². The number of benzene rings is 1. The first-order valence-electron chi connectivity index (χ1n) is 9.69. The number of nitrogens with zero attached hydrogens (tertiary/aromatic N) is 2. The Kier molecular flexibility index (Phi) is 5.96. The first-order valence-corrected chi connectivity index (χ1v) is 9.69. The van der Waals surface area contributed by atoms with E-state index >= 15 is 0 Å². The zero-order valence-corrected chi connectivity index (χ0v) is 17.6. The van der Waals surface area contributed by atoms with Crippen molar-refractivity contribution in [3.63, 3.8) is 0 Å². The first kappa shape index (κ1) is 21.2. The normalized spacial score (nSPS) is 10.8. The molecule has 2 aromatic heterocycles. The molecule has 0 fully saturated rings. The topological polar surface area (TPSA) is 88.0 Å². The third-order valence-electron chi connectivity index (χ3n) is 5.89. The smallest absolute Gasteiger partial charge is 0.343 e. The highest BCUT2D eigenvalue weighted by Gasteiger charge is 2.18. The standard InChI is InChI=1S/C24H24N2O4/c1-15-17(3)22(14-25-9-7-20(8-10-25)23(27)28)18(4)16(2)21(15)13-19-5-11-26(12-6-19)24(29)30/h5-12H,13-14H2,1-4H3. The predicted molar refractivity (Wildman–Crippen MR) is 106 cm³/mol. The van der Waals surface area contributed by atoms with E-state index in [1.807, 2.05) is 4.57 Å². The van der Waals surface area contributed by atoms with Gasteiger partial charge in [0.15, 0.2) is 31.3 Å². The van der Waals surface area contributed by atoms with Gasteiger partial charge in [0.2, 0.25) is 0 Å². The van der Waals surface area contributed by atoms with Gasteiger partial charge in [-0.1, -0.05) is 0 Å². The number of carboxylic acids is 1. The Bertz CT molecular complexity index is 998.